The van der Waals surface area contributed by atoms with Crippen molar-refractivity contribution in [3.05, 3.63) is 0 Å². The molecule has 1 aliphatic rings. The van der Waals surface area contributed by atoms with Gasteiger partial charge in [0.25, 0.3) is 0 Å². The lowest BCUT2D eigenvalue weighted by molar-refractivity contribution is 0.0729. The quantitative estimate of drug-likeness (QED) is 0.601. The standard InChI is InChI=1S/C15H31N/c1-10-11(2)13(15(6,7)8)16(9)12(10)14(3,4)5/h10-13H,1-9H3. The molecule has 0 amide bonds. The van der Waals surface area contributed by atoms with Crippen LogP contribution in [0.1, 0.15) is 55.4 Å². The molecular weight excluding hydrogens is 194 g/mol. The van der Waals surface area contributed by atoms with Crippen LogP contribution in [0.25, 0.3) is 0 Å². The van der Waals surface area contributed by atoms with E-state index in [0.29, 0.717) is 22.9 Å². The molecule has 0 spiro atoms. The second-order valence-electron chi connectivity index (χ2n) is 8.01. The van der Waals surface area contributed by atoms with Crippen molar-refractivity contribution < 1.29 is 0 Å². The molecule has 1 heteroatoms. The van der Waals surface area contributed by atoms with Crippen LogP contribution in [0.5, 0.6) is 0 Å². The smallest absolute Gasteiger partial charge is 0.0173 e. The van der Waals surface area contributed by atoms with Crippen LogP contribution in [0.3, 0.4) is 0 Å². The van der Waals surface area contributed by atoms with Gasteiger partial charge in [0.05, 0.1) is 0 Å². The first-order valence-electron chi connectivity index (χ1n) is 6.70. The van der Waals surface area contributed by atoms with Gasteiger partial charge in [-0.15, -0.1) is 0 Å². The average molecular weight is 225 g/mol. The summed E-state index contributed by atoms with van der Waals surface area (Å²) in [5.74, 6) is 1.57. The topological polar surface area (TPSA) is 3.24 Å². The van der Waals surface area contributed by atoms with Gasteiger partial charge in [-0.2, -0.15) is 0 Å². The molecule has 0 radical (unpaired) electrons. The van der Waals surface area contributed by atoms with E-state index in [0.717, 1.165) is 11.8 Å². The van der Waals surface area contributed by atoms with E-state index in [-0.39, 0.29) is 0 Å². The molecule has 0 N–H and O–H groups in total. The Kier molecular flexibility index (Phi) is 3.52. The number of hydrogen-bond acceptors (Lipinski definition) is 1. The van der Waals surface area contributed by atoms with Crippen molar-refractivity contribution in [1.82, 2.24) is 4.90 Å². The maximum atomic E-state index is 2.65. The lowest BCUT2D eigenvalue weighted by Gasteiger charge is -2.41. The van der Waals surface area contributed by atoms with Crippen LogP contribution in [0.4, 0.5) is 0 Å². The zero-order valence-electron chi connectivity index (χ0n) is 12.8. The molecule has 0 aromatic rings. The van der Waals surface area contributed by atoms with Crippen LogP contribution >= 0.6 is 0 Å². The normalized spacial score (nSPS) is 38.1. The first-order chi connectivity index (χ1) is 6.98. The zero-order chi connectivity index (χ0) is 12.9. The Morgan fingerprint density at radius 2 is 0.938 bits per heavy atom. The third-order valence-electron chi connectivity index (χ3n) is 4.48. The van der Waals surface area contributed by atoms with Crippen molar-refractivity contribution in [2.45, 2.75) is 67.5 Å². The molecule has 1 saturated heterocycles. The zero-order valence-corrected chi connectivity index (χ0v) is 12.8. The maximum absolute atomic E-state index is 2.65. The molecule has 0 aliphatic carbocycles. The molecular formula is C15H31N. The molecule has 1 rings (SSSR count). The van der Waals surface area contributed by atoms with E-state index in [9.17, 15) is 0 Å². The highest BCUT2D eigenvalue weighted by molar-refractivity contribution is 5.03. The van der Waals surface area contributed by atoms with Crippen LogP contribution in [0.15, 0.2) is 0 Å². The van der Waals surface area contributed by atoms with Crippen LogP contribution in [0, 0.1) is 22.7 Å². The van der Waals surface area contributed by atoms with Crippen molar-refractivity contribution in [2.75, 3.05) is 7.05 Å². The lowest BCUT2D eigenvalue weighted by atomic mass is 9.74. The first-order valence-corrected chi connectivity index (χ1v) is 6.70. The third-order valence-corrected chi connectivity index (χ3v) is 4.48. The van der Waals surface area contributed by atoms with Gasteiger partial charge in [-0.3, -0.25) is 4.90 Å². The van der Waals surface area contributed by atoms with Gasteiger partial charge in [0, 0.05) is 12.1 Å². The molecule has 0 aromatic heterocycles. The van der Waals surface area contributed by atoms with Crippen LogP contribution < -0.4 is 0 Å². The highest BCUT2D eigenvalue weighted by Gasteiger charge is 2.50. The molecule has 0 saturated carbocycles. The highest BCUT2D eigenvalue weighted by Crippen LogP contribution is 2.47. The maximum Gasteiger partial charge on any atom is 0.0173 e. The molecule has 1 aliphatic heterocycles. The minimum Gasteiger partial charge on any atom is -0.299 e. The summed E-state index contributed by atoms with van der Waals surface area (Å²) >= 11 is 0. The number of nitrogens with zero attached hydrogens (tertiary/aromatic N) is 1. The van der Waals surface area contributed by atoms with Crippen molar-refractivity contribution in [1.29, 1.82) is 0 Å². The van der Waals surface area contributed by atoms with Gasteiger partial charge in [0.1, 0.15) is 0 Å². The summed E-state index contributed by atoms with van der Waals surface area (Å²) in [4.78, 5) is 2.65. The Bertz CT molecular complexity index is 217. The summed E-state index contributed by atoms with van der Waals surface area (Å²) in [6.07, 6.45) is 0. The predicted molar refractivity (Wildman–Crippen MR) is 72.6 cm³/mol. The molecule has 1 fully saturated rings. The molecule has 1 heterocycles. The minimum atomic E-state index is 0.377. The monoisotopic (exact) mass is 225 g/mol. The molecule has 0 bridgehead atoms. The predicted octanol–water partition coefficient (Wildman–Crippen LogP) is 4.03. The van der Waals surface area contributed by atoms with Gasteiger partial charge in [-0.05, 0) is 29.7 Å². The van der Waals surface area contributed by atoms with E-state index in [1.807, 2.05) is 0 Å². The molecule has 16 heavy (non-hydrogen) atoms. The molecule has 1 nitrogen and oxygen atoms in total. The van der Waals surface area contributed by atoms with Crippen molar-refractivity contribution in [3.63, 3.8) is 0 Å². The second-order valence-corrected chi connectivity index (χ2v) is 8.01. The van der Waals surface area contributed by atoms with Crippen LogP contribution in [0.2, 0.25) is 0 Å². The summed E-state index contributed by atoms with van der Waals surface area (Å²) < 4.78 is 0. The largest absolute Gasteiger partial charge is 0.299 e. The Balaban J connectivity index is 3.04. The summed E-state index contributed by atoms with van der Waals surface area (Å²) in [5, 5.41) is 0. The van der Waals surface area contributed by atoms with Gasteiger partial charge < -0.3 is 0 Å². The molecule has 4 atom stereocenters. The van der Waals surface area contributed by atoms with E-state index in [4.69, 9.17) is 0 Å². The summed E-state index contributed by atoms with van der Waals surface area (Å²) in [6.45, 7) is 19.1. The number of hydrogen-bond donors (Lipinski definition) is 0. The van der Waals surface area contributed by atoms with Crippen molar-refractivity contribution in [2.24, 2.45) is 22.7 Å². The average Bonchev–Trinajstić information content (AvgIpc) is 2.19. The van der Waals surface area contributed by atoms with E-state index < -0.39 is 0 Å². The number of likely N-dealkylation sites (tertiary alicyclic amines) is 1. The van der Waals surface area contributed by atoms with Gasteiger partial charge >= 0.3 is 0 Å². The molecule has 96 valence electrons. The fraction of sp³-hybridized carbons (Fsp3) is 1.00. The van der Waals surface area contributed by atoms with Crippen LogP contribution in [-0.2, 0) is 0 Å². The Morgan fingerprint density at radius 3 is 1.06 bits per heavy atom. The highest BCUT2D eigenvalue weighted by atomic mass is 15.2. The third kappa shape index (κ3) is 2.30. The van der Waals surface area contributed by atoms with Gasteiger partial charge in [0.15, 0.2) is 0 Å². The van der Waals surface area contributed by atoms with Crippen molar-refractivity contribution in [3.8, 4) is 0 Å². The SMILES string of the molecule is CC1C(C)C(C(C)(C)C)N(C)C1C(C)(C)C. The van der Waals surface area contributed by atoms with E-state index in [1.165, 1.54) is 0 Å². The Hall–Kier alpha value is -0.0400. The molecule has 0 aromatic carbocycles. The lowest BCUT2D eigenvalue weighted by Crippen LogP contribution is -2.46. The van der Waals surface area contributed by atoms with Gasteiger partial charge in [-0.25, -0.2) is 0 Å². The first kappa shape index (κ1) is 14.0. The van der Waals surface area contributed by atoms with Crippen LogP contribution in [-0.4, -0.2) is 24.0 Å². The summed E-state index contributed by atoms with van der Waals surface area (Å²) in [7, 11) is 2.33. The van der Waals surface area contributed by atoms with E-state index in [2.05, 4.69) is 67.3 Å². The summed E-state index contributed by atoms with van der Waals surface area (Å²) in [5.41, 5.74) is 0.755. The summed E-state index contributed by atoms with van der Waals surface area (Å²) in [6, 6.07) is 1.40. The van der Waals surface area contributed by atoms with E-state index in [1.54, 1.807) is 0 Å². The second kappa shape index (κ2) is 4.01. The fourth-order valence-corrected chi connectivity index (χ4v) is 4.29. The Labute approximate surface area is 103 Å². The van der Waals surface area contributed by atoms with Gasteiger partial charge in [-0.1, -0.05) is 55.4 Å². The van der Waals surface area contributed by atoms with Gasteiger partial charge in [0.2, 0.25) is 0 Å². The molecule has 4 unspecified atom stereocenters. The Morgan fingerprint density at radius 1 is 0.688 bits per heavy atom. The minimum absolute atomic E-state index is 0.377. The van der Waals surface area contributed by atoms with E-state index >= 15 is 0 Å². The van der Waals surface area contributed by atoms with Crippen molar-refractivity contribution >= 4 is 0 Å². The number of rotatable bonds is 0. The fourth-order valence-electron chi connectivity index (χ4n) is 4.29.